The van der Waals surface area contributed by atoms with Crippen molar-refractivity contribution in [2.24, 2.45) is 0 Å². The Morgan fingerprint density at radius 3 is 2.86 bits per heavy atom. The first-order chi connectivity index (χ1) is 6.72. The van der Waals surface area contributed by atoms with Gasteiger partial charge in [-0.1, -0.05) is 0 Å². The average Bonchev–Trinajstić information content (AvgIpc) is 2.59. The number of H-pyrrole nitrogens is 1. The molecule has 0 aliphatic carbocycles. The maximum absolute atomic E-state index is 9.46. The van der Waals surface area contributed by atoms with Crippen LogP contribution in [0.3, 0.4) is 0 Å². The van der Waals surface area contributed by atoms with Crippen LogP contribution < -0.4 is 0 Å². The number of rotatable bonds is 2. The predicted molar refractivity (Wildman–Crippen MR) is 52.0 cm³/mol. The molecule has 14 heavy (non-hydrogen) atoms. The standard InChI is InChI=1S/C10H11NO3/c12-5-10(14)8-4-11-9-2-1-6(13)3-7(8)9/h1-4,10-14H,5H2. The normalized spacial score (nSPS) is 13.3. The minimum atomic E-state index is -0.912. The van der Waals surface area contributed by atoms with Crippen LogP contribution in [0.15, 0.2) is 24.4 Å². The molecule has 0 saturated carbocycles. The van der Waals surface area contributed by atoms with E-state index in [1.807, 2.05) is 0 Å². The van der Waals surface area contributed by atoms with Crippen molar-refractivity contribution in [3.8, 4) is 5.75 Å². The van der Waals surface area contributed by atoms with Gasteiger partial charge in [0.05, 0.1) is 6.61 Å². The zero-order valence-electron chi connectivity index (χ0n) is 7.44. The lowest BCUT2D eigenvalue weighted by atomic mass is 10.1. The van der Waals surface area contributed by atoms with Gasteiger partial charge in [-0.25, -0.2) is 0 Å². The van der Waals surface area contributed by atoms with Crippen LogP contribution in [0.25, 0.3) is 10.9 Å². The highest BCUT2D eigenvalue weighted by Crippen LogP contribution is 2.26. The minimum Gasteiger partial charge on any atom is -0.508 e. The number of aliphatic hydroxyl groups is 2. The first-order valence-corrected chi connectivity index (χ1v) is 4.31. The maximum Gasteiger partial charge on any atom is 0.116 e. The third kappa shape index (κ3) is 1.34. The predicted octanol–water partition coefficient (Wildman–Crippen LogP) is 0.899. The summed E-state index contributed by atoms with van der Waals surface area (Å²) in [6, 6.07) is 4.84. The summed E-state index contributed by atoms with van der Waals surface area (Å²) < 4.78 is 0. The van der Waals surface area contributed by atoms with Crippen molar-refractivity contribution in [3.05, 3.63) is 30.0 Å². The summed E-state index contributed by atoms with van der Waals surface area (Å²) in [4.78, 5) is 2.95. The Morgan fingerprint density at radius 1 is 1.36 bits per heavy atom. The fourth-order valence-corrected chi connectivity index (χ4v) is 1.50. The number of phenols is 1. The molecule has 1 unspecified atom stereocenters. The van der Waals surface area contributed by atoms with Gasteiger partial charge in [0.1, 0.15) is 11.9 Å². The van der Waals surface area contributed by atoms with Crippen molar-refractivity contribution in [1.29, 1.82) is 0 Å². The molecule has 0 aliphatic heterocycles. The van der Waals surface area contributed by atoms with Crippen LogP contribution in [-0.2, 0) is 0 Å². The highest BCUT2D eigenvalue weighted by atomic mass is 16.3. The smallest absolute Gasteiger partial charge is 0.116 e. The molecule has 0 saturated heterocycles. The van der Waals surface area contributed by atoms with E-state index in [0.717, 1.165) is 10.9 Å². The number of phenolic OH excluding ortho intramolecular Hbond substituents is 1. The van der Waals surface area contributed by atoms with Gasteiger partial charge in [0, 0.05) is 22.7 Å². The molecular formula is C10H11NO3. The number of hydrogen-bond donors (Lipinski definition) is 4. The van der Waals surface area contributed by atoms with Gasteiger partial charge < -0.3 is 20.3 Å². The van der Waals surface area contributed by atoms with E-state index in [9.17, 15) is 10.2 Å². The Balaban J connectivity index is 2.61. The molecule has 0 amide bonds. The van der Waals surface area contributed by atoms with Crippen molar-refractivity contribution in [2.75, 3.05) is 6.61 Å². The number of aromatic nitrogens is 1. The second-order valence-corrected chi connectivity index (χ2v) is 3.17. The molecule has 1 atom stereocenters. The molecule has 4 nitrogen and oxygen atoms in total. The lowest BCUT2D eigenvalue weighted by Gasteiger charge is -2.04. The molecule has 2 rings (SSSR count). The molecule has 4 N–H and O–H groups in total. The van der Waals surface area contributed by atoms with E-state index < -0.39 is 6.10 Å². The van der Waals surface area contributed by atoms with E-state index in [1.54, 1.807) is 24.4 Å². The minimum absolute atomic E-state index is 0.142. The van der Waals surface area contributed by atoms with Crippen LogP contribution in [-0.4, -0.2) is 26.9 Å². The number of benzene rings is 1. The zero-order valence-corrected chi connectivity index (χ0v) is 7.44. The molecule has 0 spiro atoms. The van der Waals surface area contributed by atoms with Gasteiger partial charge in [0.2, 0.25) is 0 Å². The number of aromatic amines is 1. The fourth-order valence-electron chi connectivity index (χ4n) is 1.50. The first-order valence-electron chi connectivity index (χ1n) is 4.31. The van der Waals surface area contributed by atoms with E-state index in [2.05, 4.69) is 4.98 Å². The van der Waals surface area contributed by atoms with Gasteiger partial charge in [0.25, 0.3) is 0 Å². The van der Waals surface area contributed by atoms with Gasteiger partial charge in [-0.15, -0.1) is 0 Å². The van der Waals surface area contributed by atoms with Crippen molar-refractivity contribution >= 4 is 10.9 Å². The second-order valence-electron chi connectivity index (χ2n) is 3.17. The summed E-state index contributed by atoms with van der Waals surface area (Å²) in [6.45, 7) is -0.331. The van der Waals surface area contributed by atoms with Crippen LogP contribution >= 0.6 is 0 Å². The van der Waals surface area contributed by atoms with Gasteiger partial charge in [0.15, 0.2) is 0 Å². The van der Waals surface area contributed by atoms with Crippen molar-refractivity contribution < 1.29 is 15.3 Å². The molecule has 74 valence electrons. The molecule has 0 radical (unpaired) electrons. The number of aliphatic hydroxyl groups excluding tert-OH is 2. The summed E-state index contributed by atoms with van der Waals surface area (Å²) in [6.07, 6.45) is 0.718. The Morgan fingerprint density at radius 2 is 2.14 bits per heavy atom. The Kier molecular flexibility index (Phi) is 2.15. The molecule has 0 aliphatic rings. The summed E-state index contributed by atoms with van der Waals surface area (Å²) in [5, 5.41) is 28.3. The number of hydrogen-bond acceptors (Lipinski definition) is 3. The van der Waals surface area contributed by atoms with E-state index in [-0.39, 0.29) is 12.4 Å². The molecule has 0 bridgehead atoms. The number of nitrogens with one attached hydrogen (secondary N) is 1. The van der Waals surface area contributed by atoms with E-state index in [0.29, 0.717) is 5.56 Å². The Hall–Kier alpha value is -1.52. The summed E-state index contributed by atoms with van der Waals surface area (Å²) in [5.74, 6) is 0.142. The molecule has 1 aromatic heterocycles. The van der Waals surface area contributed by atoms with Crippen molar-refractivity contribution in [1.82, 2.24) is 4.98 Å². The summed E-state index contributed by atoms with van der Waals surface area (Å²) in [5.41, 5.74) is 1.42. The van der Waals surface area contributed by atoms with E-state index in [1.165, 1.54) is 0 Å². The lowest BCUT2D eigenvalue weighted by molar-refractivity contribution is 0.0967. The lowest BCUT2D eigenvalue weighted by Crippen LogP contribution is -2.00. The third-order valence-electron chi connectivity index (χ3n) is 2.23. The van der Waals surface area contributed by atoms with Crippen molar-refractivity contribution in [2.45, 2.75) is 6.10 Å². The van der Waals surface area contributed by atoms with Crippen molar-refractivity contribution in [3.63, 3.8) is 0 Å². The number of fused-ring (bicyclic) bond motifs is 1. The SMILES string of the molecule is OCC(O)c1c[nH]c2ccc(O)cc12. The monoisotopic (exact) mass is 193 g/mol. The topological polar surface area (TPSA) is 76.5 Å². The summed E-state index contributed by atoms with van der Waals surface area (Å²) in [7, 11) is 0. The average molecular weight is 193 g/mol. The van der Waals surface area contributed by atoms with Gasteiger partial charge in [-0.3, -0.25) is 0 Å². The van der Waals surface area contributed by atoms with Gasteiger partial charge in [-0.05, 0) is 18.2 Å². The molecule has 4 heteroatoms. The molecule has 0 fully saturated rings. The Bertz CT molecular complexity index is 450. The third-order valence-corrected chi connectivity index (χ3v) is 2.23. The highest BCUT2D eigenvalue weighted by Gasteiger charge is 2.11. The molecule has 2 aromatic rings. The zero-order chi connectivity index (χ0) is 10.1. The Labute approximate surface area is 80.4 Å². The molecule has 1 heterocycles. The number of aromatic hydroxyl groups is 1. The van der Waals surface area contributed by atoms with Crippen LogP contribution in [0.5, 0.6) is 5.75 Å². The first kappa shape index (κ1) is 9.05. The summed E-state index contributed by atoms with van der Waals surface area (Å²) >= 11 is 0. The quantitative estimate of drug-likeness (QED) is 0.572. The van der Waals surface area contributed by atoms with Crippen LogP contribution in [0.2, 0.25) is 0 Å². The van der Waals surface area contributed by atoms with Gasteiger partial charge >= 0.3 is 0 Å². The second kappa shape index (κ2) is 3.32. The maximum atomic E-state index is 9.46. The largest absolute Gasteiger partial charge is 0.508 e. The van der Waals surface area contributed by atoms with Crippen LogP contribution in [0.1, 0.15) is 11.7 Å². The highest BCUT2D eigenvalue weighted by molar-refractivity contribution is 5.84. The van der Waals surface area contributed by atoms with E-state index >= 15 is 0 Å². The van der Waals surface area contributed by atoms with Crippen LogP contribution in [0.4, 0.5) is 0 Å². The van der Waals surface area contributed by atoms with Crippen LogP contribution in [0, 0.1) is 0 Å². The van der Waals surface area contributed by atoms with E-state index in [4.69, 9.17) is 5.11 Å². The fraction of sp³-hybridized carbons (Fsp3) is 0.200. The molecular weight excluding hydrogens is 182 g/mol. The molecule has 1 aromatic carbocycles. The van der Waals surface area contributed by atoms with Gasteiger partial charge in [-0.2, -0.15) is 0 Å².